The highest BCUT2D eigenvalue weighted by Crippen LogP contribution is 2.42. The molecule has 1 saturated carbocycles. The Morgan fingerprint density at radius 2 is 1.54 bits per heavy atom. The SMILES string of the molecule is CC1CCN(CC2CC(c3ccc(CN4CCCC4)cc3)C2)CC1. The Hall–Kier alpha value is -0.860. The first-order chi connectivity index (χ1) is 11.8. The summed E-state index contributed by atoms with van der Waals surface area (Å²) < 4.78 is 0. The van der Waals surface area contributed by atoms with Gasteiger partial charge in [-0.15, -0.1) is 0 Å². The molecule has 0 spiro atoms. The van der Waals surface area contributed by atoms with E-state index in [4.69, 9.17) is 0 Å². The molecule has 1 aromatic rings. The predicted octanol–water partition coefficient (Wildman–Crippen LogP) is 4.51. The van der Waals surface area contributed by atoms with E-state index in [2.05, 4.69) is 41.0 Å². The molecule has 4 rings (SSSR count). The molecule has 0 bridgehead atoms. The molecular weight excluding hydrogens is 292 g/mol. The predicted molar refractivity (Wildman–Crippen MR) is 101 cm³/mol. The third-order valence-corrected chi connectivity index (χ3v) is 6.68. The van der Waals surface area contributed by atoms with Crippen LogP contribution in [0, 0.1) is 11.8 Å². The number of nitrogens with zero attached hydrogens (tertiary/aromatic N) is 2. The largest absolute Gasteiger partial charge is 0.303 e. The molecule has 132 valence electrons. The van der Waals surface area contributed by atoms with Crippen molar-refractivity contribution >= 4 is 0 Å². The van der Waals surface area contributed by atoms with Crippen LogP contribution in [0.4, 0.5) is 0 Å². The fourth-order valence-corrected chi connectivity index (χ4v) is 4.86. The Morgan fingerprint density at radius 1 is 0.875 bits per heavy atom. The molecule has 3 fully saturated rings. The summed E-state index contributed by atoms with van der Waals surface area (Å²) in [6, 6.07) is 9.59. The quantitative estimate of drug-likeness (QED) is 0.785. The van der Waals surface area contributed by atoms with Gasteiger partial charge in [0.2, 0.25) is 0 Å². The molecule has 0 N–H and O–H groups in total. The molecule has 0 atom stereocenters. The second-order valence-corrected chi connectivity index (χ2v) is 8.74. The Bertz CT molecular complexity index is 503. The van der Waals surface area contributed by atoms with Gasteiger partial charge < -0.3 is 4.90 Å². The summed E-state index contributed by atoms with van der Waals surface area (Å²) in [5, 5.41) is 0. The van der Waals surface area contributed by atoms with Crippen LogP contribution < -0.4 is 0 Å². The summed E-state index contributed by atoms with van der Waals surface area (Å²) in [6.45, 7) is 10.2. The third kappa shape index (κ3) is 4.03. The van der Waals surface area contributed by atoms with Crippen molar-refractivity contribution < 1.29 is 0 Å². The van der Waals surface area contributed by atoms with Crippen molar-refractivity contribution in [2.45, 2.75) is 57.9 Å². The van der Waals surface area contributed by atoms with E-state index in [-0.39, 0.29) is 0 Å². The van der Waals surface area contributed by atoms with E-state index in [1.54, 1.807) is 5.56 Å². The van der Waals surface area contributed by atoms with E-state index in [9.17, 15) is 0 Å². The zero-order chi connectivity index (χ0) is 16.4. The Labute approximate surface area is 148 Å². The van der Waals surface area contributed by atoms with Crippen molar-refractivity contribution in [2.75, 3.05) is 32.7 Å². The second-order valence-electron chi connectivity index (χ2n) is 8.74. The fourth-order valence-electron chi connectivity index (χ4n) is 4.86. The first-order valence-corrected chi connectivity index (χ1v) is 10.3. The number of benzene rings is 1. The zero-order valence-corrected chi connectivity index (χ0v) is 15.4. The van der Waals surface area contributed by atoms with Crippen molar-refractivity contribution in [3.63, 3.8) is 0 Å². The zero-order valence-electron chi connectivity index (χ0n) is 15.4. The molecule has 3 aliphatic rings. The van der Waals surface area contributed by atoms with Crippen LogP contribution in [0.5, 0.6) is 0 Å². The number of rotatable bonds is 5. The number of hydrogen-bond donors (Lipinski definition) is 0. The molecule has 2 aliphatic heterocycles. The van der Waals surface area contributed by atoms with Crippen LogP contribution in [0.1, 0.15) is 62.5 Å². The van der Waals surface area contributed by atoms with Crippen LogP contribution in [0.2, 0.25) is 0 Å². The standard InChI is InChI=1S/C22H34N2/c1-18-8-12-24(13-9-18)17-20-14-22(15-20)21-6-4-19(5-7-21)16-23-10-2-3-11-23/h4-7,18,20,22H,2-3,8-17H2,1H3. The Morgan fingerprint density at radius 3 is 2.21 bits per heavy atom. The van der Waals surface area contributed by atoms with E-state index < -0.39 is 0 Å². The molecule has 2 nitrogen and oxygen atoms in total. The van der Waals surface area contributed by atoms with Gasteiger partial charge in [-0.3, -0.25) is 4.90 Å². The lowest BCUT2D eigenvalue weighted by Crippen LogP contribution is -2.39. The molecule has 0 amide bonds. The van der Waals surface area contributed by atoms with Gasteiger partial charge >= 0.3 is 0 Å². The molecule has 2 heteroatoms. The summed E-state index contributed by atoms with van der Waals surface area (Å²) in [7, 11) is 0. The summed E-state index contributed by atoms with van der Waals surface area (Å²) in [4.78, 5) is 5.31. The monoisotopic (exact) mass is 326 g/mol. The smallest absolute Gasteiger partial charge is 0.0233 e. The van der Waals surface area contributed by atoms with Crippen LogP contribution in [-0.2, 0) is 6.54 Å². The number of likely N-dealkylation sites (tertiary alicyclic amines) is 2. The summed E-state index contributed by atoms with van der Waals surface area (Å²) in [5.74, 6) is 2.74. The van der Waals surface area contributed by atoms with Crippen LogP contribution in [0.15, 0.2) is 24.3 Å². The maximum atomic E-state index is 2.72. The molecule has 0 aromatic heterocycles. The minimum Gasteiger partial charge on any atom is -0.303 e. The van der Waals surface area contributed by atoms with E-state index in [0.29, 0.717) is 0 Å². The molecule has 24 heavy (non-hydrogen) atoms. The highest BCUT2D eigenvalue weighted by Gasteiger charge is 2.32. The van der Waals surface area contributed by atoms with Crippen molar-refractivity contribution in [3.8, 4) is 0 Å². The second kappa shape index (κ2) is 7.58. The van der Waals surface area contributed by atoms with Gasteiger partial charge in [0.25, 0.3) is 0 Å². The summed E-state index contributed by atoms with van der Waals surface area (Å²) in [5.41, 5.74) is 3.09. The van der Waals surface area contributed by atoms with Crippen LogP contribution in [-0.4, -0.2) is 42.5 Å². The van der Waals surface area contributed by atoms with Crippen molar-refractivity contribution in [2.24, 2.45) is 11.8 Å². The lowest BCUT2D eigenvalue weighted by molar-refractivity contribution is 0.124. The van der Waals surface area contributed by atoms with E-state index >= 15 is 0 Å². The van der Waals surface area contributed by atoms with Crippen molar-refractivity contribution in [3.05, 3.63) is 35.4 Å². The van der Waals surface area contributed by atoms with E-state index in [1.807, 2.05) is 0 Å². The van der Waals surface area contributed by atoms with Crippen LogP contribution in [0.25, 0.3) is 0 Å². The van der Waals surface area contributed by atoms with E-state index in [1.165, 1.54) is 76.8 Å². The van der Waals surface area contributed by atoms with Crippen molar-refractivity contribution in [1.82, 2.24) is 9.80 Å². The van der Waals surface area contributed by atoms with Gasteiger partial charge in [-0.1, -0.05) is 31.2 Å². The maximum absolute atomic E-state index is 2.72. The molecule has 0 unspecified atom stereocenters. The average Bonchev–Trinajstić information content (AvgIpc) is 3.06. The molecule has 1 aliphatic carbocycles. The highest BCUT2D eigenvalue weighted by atomic mass is 15.1. The number of hydrogen-bond acceptors (Lipinski definition) is 2. The molecule has 1 aromatic carbocycles. The minimum atomic E-state index is 0.833. The molecule has 2 heterocycles. The first kappa shape index (κ1) is 16.6. The summed E-state index contributed by atoms with van der Waals surface area (Å²) in [6.07, 6.45) is 8.42. The fraction of sp³-hybridized carbons (Fsp3) is 0.727. The normalized spacial score (nSPS) is 29.7. The molecule has 0 radical (unpaired) electrons. The highest BCUT2D eigenvalue weighted by molar-refractivity contribution is 5.27. The lowest BCUT2D eigenvalue weighted by Gasteiger charge is -2.40. The van der Waals surface area contributed by atoms with Gasteiger partial charge in [0.1, 0.15) is 0 Å². The third-order valence-electron chi connectivity index (χ3n) is 6.68. The van der Waals surface area contributed by atoms with E-state index in [0.717, 1.165) is 24.3 Å². The van der Waals surface area contributed by atoms with Gasteiger partial charge in [-0.05, 0) is 93.6 Å². The minimum absolute atomic E-state index is 0.833. The van der Waals surface area contributed by atoms with Crippen LogP contribution in [0.3, 0.4) is 0 Å². The van der Waals surface area contributed by atoms with Crippen molar-refractivity contribution in [1.29, 1.82) is 0 Å². The van der Waals surface area contributed by atoms with Gasteiger partial charge in [0, 0.05) is 13.1 Å². The first-order valence-electron chi connectivity index (χ1n) is 10.3. The molecular formula is C22H34N2. The molecule has 2 saturated heterocycles. The summed E-state index contributed by atoms with van der Waals surface area (Å²) >= 11 is 0. The van der Waals surface area contributed by atoms with Gasteiger partial charge in [-0.25, -0.2) is 0 Å². The average molecular weight is 327 g/mol. The van der Waals surface area contributed by atoms with Crippen LogP contribution >= 0.6 is 0 Å². The lowest BCUT2D eigenvalue weighted by atomic mass is 9.71. The maximum Gasteiger partial charge on any atom is 0.0233 e. The van der Waals surface area contributed by atoms with Gasteiger partial charge in [0.15, 0.2) is 0 Å². The Balaban J connectivity index is 1.21. The Kier molecular flexibility index (Phi) is 5.24. The van der Waals surface area contributed by atoms with Gasteiger partial charge in [-0.2, -0.15) is 0 Å². The topological polar surface area (TPSA) is 6.48 Å². The van der Waals surface area contributed by atoms with Gasteiger partial charge in [0.05, 0.1) is 0 Å². The number of piperidine rings is 1.